The third-order valence-electron chi connectivity index (χ3n) is 4.36. The molecule has 6 nitrogen and oxygen atoms in total. The molecule has 4 aromatic rings. The molecule has 156 valence electrons. The van der Waals surface area contributed by atoms with Gasteiger partial charge in [-0.2, -0.15) is 13.2 Å². The number of amides is 1. The Hall–Kier alpha value is -3.79. The van der Waals surface area contributed by atoms with E-state index in [1.165, 1.54) is 35.9 Å². The maximum atomic E-state index is 13.0. The molecular weight excluding hydrogens is 427 g/mol. The van der Waals surface area contributed by atoms with E-state index in [1.807, 2.05) is 0 Å². The van der Waals surface area contributed by atoms with Crippen molar-refractivity contribution in [3.8, 4) is 11.4 Å². The first-order chi connectivity index (χ1) is 14.8. The van der Waals surface area contributed by atoms with Gasteiger partial charge < -0.3 is 10.3 Å². The zero-order chi connectivity index (χ0) is 22.0. The fraction of sp³-hybridized carbons (Fsp3) is 0.0476. The molecule has 1 amide bonds. The van der Waals surface area contributed by atoms with Crippen LogP contribution in [-0.4, -0.2) is 25.8 Å². The Morgan fingerprint density at radius 2 is 1.94 bits per heavy atom. The molecule has 1 aromatic carbocycles. The van der Waals surface area contributed by atoms with Crippen LogP contribution in [0.25, 0.3) is 17.0 Å². The average molecular weight is 441 g/mol. The van der Waals surface area contributed by atoms with Gasteiger partial charge in [-0.1, -0.05) is 18.7 Å². The van der Waals surface area contributed by atoms with E-state index in [0.717, 1.165) is 12.1 Å². The van der Waals surface area contributed by atoms with Crippen molar-refractivity contribution < 1.29 is 18.0 Å². The van der Waals surface area contributed by atoms with E-state index in [0.29, 0.717) is 39.7 Å². The summed E-state index contributed by atoms with van der Waals surface area (Å²) in [4.78, 5) is 27.5. The van der Waals surface area contributed by atoms with E-state index in [9.17, 15) is 18.0 Å². The number of halogens is 3. The van der Waals surface area contributed by atoms with Crippen LogP contribution in [0.5, 0.6) is 0 Å². The van der Waals surface area contributed by atoms with Crippen molar-refractivity contribution >= 4 is 28.5 Å². The largest absolute Gasteiger partial charge is 0.416 e. The van der Waals surface area contributed by atoms with Crippen molar-refractivity contribution in [2.75, 3.05) is 5.32 Å². The molecule has 31 heavy (non-hydrogen) atoms. The van der Waals surface area contributed by atoms with E-state index >= 15 is 0 Å². The number of H-pyrrole nitrogens is 1. The molecule has 0 aliphatic heterocycles. The summed E-state index contributed by atoms with van der Waals surface area (Å²) in [5.41, 5.74) is 3.36. The first kappa shape index (κ1) is 20.5. The predicted octanol–water partition coefficient (Wildman–Crippen LogP) is 5.26. The van der Waals surface area contributed by atoms with Crippen LogP contribution in [0.3, 0.4) is 0 Å². The number of anilines is 1. The van der Waals surface area contributed by atoms with Gasteiger partial charge in [-0.05, 0) is 29.8 Å². The third-order valence-corrected chi connectivity index (χ3v) is 4.95. The number of imidazole rings is 1. The minimum Gasteiger partial charge on any atom is -0.337 e. The van der Waals surface area contributed by atoms with Gasteiger partial charge in [0.15, 0.2) is 0 Å². The number of hydrogen-bond donors (Lipinski definition) is 2. The molecule has 0 bridgehead atoms. The van der Waals surface area contributed by atoms with Crippen LogP contribution in [0.4, 0.5) is 18.9 Å². The quantitative estimate of drug-likeness (QED) is 0.443. The topological polar surface area (TPSA) is 83.6 Å². The van der Waals surface area contributed by atoms with E-state index in [2.05, 4.69) is 31.8 Å². The fourth-order valence-corrected chi connectivity index (χ4v) is 3.30. The summed E-state index contributed by atoms with van der Waals surface area (Å²) in [6.07, 6.45) is -1.43. The number of alkyl halides is 3. The SMILES string of the molecule is C=C(c1cccc(C(F)(F)F)c1)c1ncc(-c2ccc(NC(=O)c3cscn3)cn2)[nH]1. The summed E-state index contributed by atoms with van der Waals surface area (Å²) in [5, 5.41) is 4.34. The highest BCUT2D eigenvalue weighted by atomic mass is 32.1. The molecular formula is C21H14F3N5OS. The molecule has 3 heterocycles. The van der Waals surface area contributed by atoms with Crippen molar-refractivity contribution in [3.05, 3.63) is 88.9 Å². The van der Waals surface area contributed by atoms with Crippen LogP contribution in [-0.2, 0) is 6.18 Å². The molecule has 0 atom stereocenters. The Morgan fingerprint density at radius 1 is 1.10 bits per heavy atom. The van der Waals surface area contributed by atoms with Gasteiger partial charge in [0.1, 0.15) is 11.5 Å². The standard InChI is InChI=1S/C21H14F3N5OS/c1-12(13-3-2-4-14(7-13)21(22,23)24)19-26-9-17(29-19)16-6-5-15(8-25-16)28-20(30)18-10-31-11-27-18/h2-11H,1H2,(H,26,29)(H,28,30). The average Bonchev–Trinajstić information content (AvgIpc) is 3.46. The van der Waals surface area contributed by atoms with Gasteiger partial charge in [-0.25, -0.2) is 9.97 Å². The number of nitrogens with zero attached hydrogens (tertiary/aromatic N) is 3. The van der Waals surface area contributed by atoms with E-state index in [4.69, 9.17) is 0 Å². The van der Waals surface area contributed by atoms with Gasteiger partial charge in [-0.15, -0.1) is 11.3 Å². The Bertz CT molecular complexity index is 1230. The number of pyridine rings is 1. The van der Waals surface area contributed by atoms with Gasteiger partial charge >= 0.3 is 6.18 Å². The van der Waals surface area contributed by atoms with Crippen LogP contribution in [0.1, 0.15) is 27.4 Å². The summed E-state index contributed by atoms with van der Waals surface area (Å²) in [6.45, 7) is 3.86. The van der Waals surface area contributed by atoms with Crippen LogP contribution < -0.4 is 5.32 Å². The van der Waals surface area contributed by atoms with Crippen molar-refractivity contribution in [1.82, 2.24) is 19.9 Å². The van der Waals surface area contributed by atoms with E-state index < -0.39 is 11.7 Å². The van der Waals surface area contributed by atoms with Crippen LogP contribution in [0, 0.1) is 0 Å². The first-order valence-corrected chi connectivity index (χ1v) is 9.83. The fourth-order valence-electron chi connectivity index (χ4n) is 2.77. The molecule has 3 aromatic heterocycles. The van der Waals surface area contributed by atoms with E-state index in [1.54, 1.807) is 23.0 Å². The van der Waals surface area contributed by atoms with Crippen molar-refractivity contribution in [2.45, 2.75) is 6.18 Å². The predicted molar refractivity (Wildman–Crippen MR) is 111 cm³/mol. The number of aromatic amines is 1. The van der Waals surface area contributed by atoms with Crippen molar-refractivity contribution in [3.63, 3.8) is 0 Å². The Kier molecular flexibility index (Phi) is 5.38. The number of hydrogen-bond acceptors (Lipinski definition) is 5. The summed E-state index contributed by atoms with van der Waals surface area (Å²) >= 11 is 1.32. The number of carbonyl (C=O) groups is 1. The lowest BCUT2D eigenvalue weighted by Crippen LogP contribution is -2.12. The monoisotopic (exact) mass is 441 g/mol. The Labute approximate surface area is 178 Å². The highest BCUT2D eigenvalue weighted by Crippen LogP contribution is 2.32. The highest BCUT2D eigenvalue weighted by Gasteiger charge is 2.30. The Balaban J connectivity index is 1.50. The first-order valence-electron chi connectivity index (χ1n) is 8.89. The summed E-state index contributed by atoms with van der Waals surface area (Å²) < 4.78 is 38.9. The van der Waals surface area contributed by atoms with Crippen LogP contribution in [0.15, 0.2) is 66.3 Å². The summed E-state index contributed by atoms with van der Waals surface area (Å²) in [5.74, 6) is -0.00551. The highest BCUT2D eigenvalue weighted by molar-refractivity contribution is 7.07. The molecule has 0 saturated carbocycles. The van der Waals surface area contributed by atoms with Gasteiger partial charge in [0.25, 0.3) is 5.91 Å². The Morgan fingerprint density at radius 3 is 2.61 bits per heavy atom. The van der Waals surface area contributed by atoms with Gasteiger partial charge in [-0.3, -0.25) is 9.78 Å². The number of benzene rings is 1. The van der Waals surface area contributed by atoms with Crippen LogP contribution in [0.2, 0.25) is 0 Å². The lowest BCUT2D eigenvalue weighted by Gasteiger charge is -2.09. The second-order valence-electron chi connectivity index (χ2n) is 6.46. The summed E-state index contributed by atoms with van der Waals surface area (Å²) in [6, 6.07) is 8.26. The third kappa shape index (κ3) is 4.53. The molecule has 0 radical (unpaired) electrons. The molecule has 4 rings (SSSR count). The van der Waals surface area contributed by atoms with Gasteiger partial charge in [0.05, 0.1) is 40.5 Å². The lowest BCUT2D eigenvalue weighted by atomic mass is 10.0. The number of aromatic nitrogens is 4. The number of nitrogens with one attached hydrogen (secondary N) is 2. The molecule has 0 aliphatic rings. The molecule has 0 saturated heterocycles. The molecule has 2 N–H and O–H groups in total. The number of carbonyl (C=O) groups excluding carboxylic acids is 1. The summed E-state index contributed by atoms with van der Waals surface area (Å²) in [7, 11) is 0. The van der Waals surface area contributed by atoms with E-state index in [-0.39, 0.29) is 5.91 Å². The van der Waals surface area contributed by atoms with Crippen molar-refractivity contribution in [1.29, 1.82) is 0 Å². The van der Waals surface area contributed by atoms with Gasteiger partial charge in [0.2, 0.25) is 0 Å². The maximum absolute atomic E-state index is 13.0. The molecule has 10 heteroatoms. The number of thiazole rings is 1. The van der Waals surface area contributed by atoms with Gasteiger partial charge in [0, 0.05) is 11.0 Å². The smallest absolute Gasteiger partial charge is 0.337 e. The minimum atomic E-state index is -4.44. The minimum absolute atomic E-state index is 0.309. The normalized spacial score (nSPS) is 11.3. The molecule has 0 spiro atoms. The van der Waals surface area contributed by atoms with Crippen molar-refractivity contribution in [2.24, 2.45) is 0 Å². The zero-order valence-corrected chi connectivity index (χ0v) is 16.6. The molecule has 0 fully saturated rings. The maximum Gasteiger partial charge on any atom is 0.416 e. The van der Waals surface area contributed by atoms with Crippen LogP contribution >= 0.6 is 11.3 Å². The molecule has 0 unspecified atom stereocenters. The zero-order valence-electron chi connectivity index (χ0n) is 15.8. The second-order valence-corrected chi connectivity index (χ2v) is 7.18. The second kappa shape index (κ2) is 8.15. The molecule has 0 aliphatic carbocycles. The lowest BCUT2D eigenvalue weighted by molar-refractivity contribution is -0.137. The number of rotatable bonds is 5.